The minimum atomic E-state index is -3.55. The molecule has 0 atom stereocenters. The Balaban J connectivity index is 3.70. The summed E-state index contributed by atoms with van der Waals surface area (Å²) in [6, 6.07) is 0. The van der Waals surface area contributed by atoms with Gasteiger partial charge in [0.15, 0.2) is 0 Å². The van der Waals surface area contributed by atoms with Crippen molar-refractivity contribution < 1.29 is 17.9 Å². The molecule has 0 aliphatic carbocycles. The van der Waals surface area contributed by atoms with Crippen LogP contribution >= 0.6 is 12.6 Å². The van der Waals surface area contributed by atoms with Crippen LogP contribution in [0, 0.1) is 0 Å². The molecule has 0 saturated heterocycles. The van der Waals surface area contributed by atoms with E-state index in [2.05, 4.69) is 17.9 Å². The van der Waals surface area contributed by atoms with Crippen LogP contribution in [0.5, 0.6) is 0 Å². The topological polar surface area (TPSA) is 75.7 Å². The number of carbonyl (C=O) groups is 1. The van der Waals surface area contributed by atoms with Gasteiger partial charge in [-0.3, -0.25) is 4.79 Å². The molecule has 0 aromatic heterocycles. The van der Waals surface area contributed by atoms with Crippen LogP contribution in [-0.4, -0.2) is 57.1 Å². The normalized spacial score (nSPS) is 11.5. The minimum absolute atomic E-state index is 0.114. The van der Waals surface area contributed by atoms with Gasteiger partial charge >= 0.3 is 0 Å². The first-order chi connectivity index (χ1) is 7.91. The maximum atomic E-state index is 11.5. The van der Waals surface area contributed by atoms with E-state index in [1.54, 1.807) is 0 Å². The Morgan fingerprint density at radius 2 is 2.06 bits per heavy atom. The van der Waals surface area contributed by atoms with E-state index < -0.39 is 15.3 Å². The van der Waals surface area contributed by atoms with Crippen LogP contribution < -0.4 is 5.32 Å². The Hall–Kier alpha value is -0.310. The summed E-state index contributed by atoms with van der Waals surface area (Å²) in [5.74, 6) is -0.114. The predicted octanol–water partition coefficient (Wildman–Crippen LogP) is 0.314. The van der Waals surface area contributed by atoms with E-state index >= 15 is 0 Å². The minimum Gasteiger partial charge on any atom is -0.380 e. The smallest absolute Gasteiger partial charge is 0.291 e. The van der Waals surface area contributed by atoms with Crippen molar-refractivity contribution in [3.63, 3.8) is 0 Å². The average molecular weight is 284 g/mol. The molecule has 0 fully saturated rings. The van der Waals surface area contributed by atoms with Crippen molar-refractivity contribution in [1.29, 1.82) is 0 Å². The van der Waals surface area contributed by atoms with Gasteiger partial charge in [-0.05, 0) is 13.0 Å². The van der Waals surface area contributed by atoms with Crippen molar-refractivity contribution >= 4 is 27.9 Å². The van der Waals surface area contributed by atoms with Crippen molar-refractivity contribution in [2.75, 3.05) is 39.1 Å². The van der Waals surface area contributed by atoms with Gasteiger partial charge in [-0.1, -0.05) is 19.6 Å². The number of ether oxygens (including phenoxy) is 1. The highest BCUT2D eigenvalue weighted by atomic mass is 32.2. The molecule has 0 aromatic rings. The first-order valence-electron chi connectivity index (χ1n) is 5.39. The van der Waals surface area contributed by atoms with Gasteiger partial charge in [0.05, 0.1) is 12.4 Å². The molecule has 0 aliphatic heterocycles. The summed E-state index contributed by atoms with van der Waals surface area (Å²) in [6.07, 6.45) is 0.361. The lowest BCUT2D eigenvalue weighted by atomic mass is 10.5. The van der Waals surface area contributed by atoms with E-state index in [1.165, 1.54) is 7.05 Å². The molecule has 0 radical (unpaired) electrons. The summed E-state index contributed by atoms with van der Waals surface area (Å²) in [4.78, 5) is 10.8. The Kier molecular flexibility index (Phi) is 8.57. The molecule has 1 amide bonds. The number of thiol groups is 1. The zero-order valence-corrected chi connectivity index (χ0v) is 11.9. The van der Waals surface area contributed by atoms with E-state index in [1.807, 2.05) is 6.92 Å². The van der Waals surface area contributed by atoms with Gasteiger partial charge in [-0.2, -0.15) is 0 Å². The molecule has 0 spiro atoms. The van der Waals surface area contributed by atoms with Gasteiger partial charge in [0.2, 0.25) is 10.0 Å². The third-order valence-corrected chi connectivity index (χ3v) is 4.29. The lowest BCUT2D eigenvalue weighted by Gasteiger charge is -2.14. The molecule has 0 rings (SSSR count). The van der Waals surface area contributed by atoms with E-state index in [9.17, 15) is 13.2 Å². The van der Waals surface area contributed by atoms with Crippen LogP contribution in [0.25, 0.3) is 0 Å². The van der Waals surface area contributed by atoms with Crippen LogP contribution in [0.15, 0.2) is 0 Å². The molecule has 0 bridgehead atoms. The number of amides is 1. The van der Waals surface area contributed by atoms with Gasteiger partial charge in [-0.25, -0.2) is 12.7 Å². The molecule has 0 heterocycles. The van der Waals surface area contributed by atoms with Gasteiger partial charge in [0.25, 0.3) is 5.24 Å². The molecule has 8 heteroatoms. The van der Waals surface area contributed by atoms with E-state index in [0.717, 1.165) is 13.1 Å². The van der Waals surface area contributed by atoms with E-state index in [-0.39, 0.29) is 5.75 Å². The molecule has 1 N–H and O–H groups in total. The molecule has 102 valence electrons. The SMILES string of the molecule is CCNCCOCCCS(=O)(=O)N(C)C(=O)S. The standard InChI is InChI=1S/C9H20N2O4S2/c1-3-10-5-7-15-6-4-8-17(13,14)11(2)9(12)16/h10H,3-8H2,1-2H3,(H,12,16). The third kappa shape index (κ3) is 7.58. The number of sulfonamides is 1. The summed E-state index contributed by atoms with van der Waals surface area (Å²) in [5, 5.41) is 2.30. The van der Waals surface area contributed by atoms with E-state index in [4.69, 9.17) is 4.74 Å². The number of hydrogen-bond acceptors (Lipinski definition) is 5. The quantitative estimate of drug-likeness (QED) is 0.471. The summed E-state index contributed by atoms with van der Waals surface area (Å²) in [7, 11) is -2.35. The Labute approximate surface area is 108 Å². The van der Waals surface area contributed by atoms with Crippen LogP contribution in [0.3, 0.4) is 0 Å². The molecule has 0 aliphatic rings. The zero-order valence-electron chi connectivity index (χ0n) is 10.2. The molecule has 0 aromatic carbocycles. The molecule has 6 nitrogen and oxygen atoms in total. The number of likely N-dealkylation sites (N-methyl/N-ethyl adjacent to an activating group) is 1. The molecule has 17 heavy (non-hydrogen) atoms. The van der Waals surface area contributed by atoms with Crippen molar-refractivity contribution in [2.45, 2.75) is 13.3 Å². The second kappa shape index (κ2) is 8.73. The summed E-state index contributed by atoms with van der Waals surface area (Å²) < 4.78 is 28.8. The maximum absolute atomic E-state index is 11.5. The Morgan fingerprint density at radius 1 is 1.41 bits per heavy atom. The van der Waals surface area contributed by atoms with Crippen LogP contribution in [0.2, 0.25) is 0 Å². The maximum Gasteiger partial charge on any atom is 0.291 e. The second-order valence-electron chi connectivity index (χ2n) is 3.39. The highest BCUT2D eigenvalue weighted by molar-refractivity contribution is 7.99. The predicted molar refractivity (Wildman–Crippen MR) is 69.9 cm³/mol. The number of rotatable bonds is 9. The Bertz CT molecular complexity index is 319. The molecular weight excluding hydrogens is 264 g/mol. The van der Waals surface area contributed by atoms with Crippen molar-refractivity contribution in [3.8, 4) is 0 Å². The lowest BCUT2D eigenvalue weighted by Crippen LogP contribution is -2.31. The molecule has 0 saturated carbocycles. The lowest BCUT2D eigenvalue weighted by molar-refractivity contribution is 0.137. The van der Waals surface area contributed by atoms with Gasteiger partial charge < -0.3 is 10.1 Å². The van der Waals surface area contributed by atoms with Crippen LogP contribution in [0.4, 0.5) is 4.79 Å². The van der Waals surface area contributed by atoms with Gasteiger partial charge in [-0.15, -0.1) is 0 Å². The van der Waals surface area contributed by atoms with E-state index in [0.29, 0.717) is 23.9 Å². The number of carbonyl (C=O) groups excluding carboxylic acids is 1. The highest BCUT2D eigenvalue weighted by Gasteiger charge is 2.20. The number of hydrogen-bond donors (Lipinski definition) is 2. The molecular formula is C9H20N2O4S2. The van der Waals surface area contributed by atoms with Crippen molar-refractivity contribution in [2.24, 2.45) is 0 Å². The van der Waals surface area contributed by atoms with Crippen molar-refractivity contribution in [3.05, 3.63) is 0 Å². The summed E-state index contributed by atoms with van der Waals surface area (Å²) >= 11 is 3.46. The zero-order chi connectivity index (χ0) is 13.3. The summed E-state index contributed by atoms with van der Waals surface area (Å²) in [5.41, 5.74) is 0. The first kappa shape index (κ1) is 16.7. The fraction of sp³-hybridized carbons (Fsp3) is 0.889. The van der Waals surface area contributed by atoms with Gasteiger partial charge in [0.1, 0.15) is 0 Å². The third-order valence-electron chi connectivity index (χ3n) is 2.05. The number of nitrogens with zero attached hydrogens (tertiary/aromatic N) is 1. The van der Waals surface area contributed by atoms with Crippen LogP contribution in [0.1, 0.15) is 13.3 Å². The summed E-state index contributed by atoms with van der Waals surface area (Å²) in [6.45, 7) is 4.54. The average Bonchev–Trinajstić information content (AvgIpc) is 2.26. The molecule has 0 unspecified atom stereocenters. The van der Waals surface area contributed by atoms with Crippen LogP contribution in [-0.2, 0) is 14.8 Å². The monoisotopic (exact) mass is 284 g/mol. The Morgan fingerprint density at radius 3 is 2.59 bits per heavy atom. The second-order valence-corrected chi connectivity index (χ2v) is 5.89. The highest BCUT2D eigenvalue weighted by Crippen LogP contribution is 2.04. The van der Waals surface area contributed by atoms with Gasteiger partial charge in [0, 0.05) is 20.2 Å². The fourth-order valence-electron chi connectivity index (χ4n) is 1.02. The largest absolute Gasteiger partial charge is 0.380 e. The first-order valence-corrected chi connectivity index (χ1v) is 7.45. The number of nitrogens with one attached hydrogen (secondary N) is 1. The van der Waals surface area contributed by atoms with Crippen molar-refractivity contribution in [1.82, 2.24) is 9.62 Å². The fourth-order valence-corrected chi connectivity index (χ4v) is 2.39.